The number of carbonyl (C=O) groups excluding carboxylic acids is 1. The van der Waals surface area contributed by atoms with Gasteiger partial charge >= 0.3 is 0 Å². The zero-order valence-electron chi connectivity index (χ0n) is 14.8. The van der Waals surface area contributed by atoms with E-state index in [1.807, 2.05) is 35.7 Å². The van der Waals surface area contributed by atoms with Crippen molar-refractivity contribution in [2.75, 3.05) is 5.32 Å². The van der Waals surface area contributed by atoms with Crippen LogP contribution in [0.1, 0.15) is 10.4 Å². The highest BCUT2D eigenvalue weighted by Gasteiger charge is 2.12. The Morgan fingerprint density at radius 3 is 2.48 bits per heavy atom. The van der Waals surface area contributed by atoms with Gasteiger partial charge in [-0.3, -0.25) is 4.79 Å². The smallest absolute Gasteiger partial charge is 0.255 e. The molecule has 0 atom stereocenters. The highest BCUT2D eigenvalue weighted by atomic mass is 35.5. The molecule has 0 unspecified atom stereocenters. The summed E-state index contributed by atoms with van der Waals surface area (Å²) in [7, 11) is 0. The lowest BCUT2D eigenvalue weighted by Gasteiger charge is -2.07. The zero-order valence-corrected chi connectivity index (χ0v) is 16.4. The summed E-state index contributed by atoms with van der Waals surface area (Å²) in [6, 6.07) is 17.6. The molecule has 0 saturated heterocycles. The molecule has 1 heterocycles. The van der Waals surface area contributed by atoms with Crippen LogP contribution in [0.5, 0.6) is 0 Å². The SMILES string of the molecule is O=C(Nc1cccc(-c2csc(-c3ccc(Cl)cc3)n2)c1)c1ccc(F)c(F)c1. The number of rotatable bonds is 4. The number of nitrogens with one attached hydrogen (secondary N) is 1. The van der Waals surface area contributed by atoms with Crippen molar-refractivity contribution < 1.29 is 13.6 Å². The minimum absolute atomic E-state index is 0.0352. The normalized spacial score (nSPS) is 10.7. The standard InChI is InChI=1S/C22H13ClF2N2OS/c23-16-7-4-13(5-8-16)22-27-20(12-29-22)14-2-1-3-17(10-14)26-21(28)15-6-9-18(24)19(25)11-15/h1-12H,(H,26,28). The summed E-state index contributed by atoms with van der Waals surface area (Å²) in [5, 5.41) is 6.14. The van der Waals surface area contributed by atoms with Gasteiger partial charge < -0.3 is 5.32 Å². The van der Waals surface area contributed by atoms with Gasteiger partial charge in [-0.1, -0.05) is 35.9 Å². The Morgan fingerprint density at radius 2 is 1.72 bits per heavy atom. The second-order valence-electron chi connectivity index (χ2n) is 6.21. The molecule has 1 aromatic heterocycles. The van der Waals surface area contributed by atoms with E-state index in [2.05, 4.69) is 10.3 Å². The number of halogens is 3. The summed E-state index contributed by atoms with van der Waals surface area (Å²) in [5.74, 6) is -2.59. The molecule has 3 nitrogen and oxygen atoms in total. The molecule has 4 aromatic rings. The van der Waals surface area contributed by atoms with Crippen LogP contribution < -0.4 is 5.32 Å². The van der Waals surface area contributed by atoms with Crippen molar-refractivity contribution >= 4 is 34.5 Å². The predicted octanol–water partition coefficient (Wildman–Crippen LogP) is 6.66. The summed E-state index contributed by atoms with van der Waals surface area (Å²) >= 11 is 7.43. The van der Waals surface area contributed by atoms with Crippen LogP contribution in [0.2, 0.25) is 5.02 Å². The molecule has 0 radical (unpaired) electrons. The number of thiazole rings is 1. The van der Waals surface area contributed by atoms with Gasteiger partial charge in [0.25, 0.3) is 5.91 Å². The molecule has 144 valence electrons. The van der Waals surface area contributed by atoms with Crippen LogP contribution in [-0.2, 0) is 0 Å². The maximum atomic E-state index is 13.4. The van der Waals surface area contributed by atoms with Gasteiger partial charge in [0, 0.05) is 32.8 Å². The Labute approximate surface area is 174 Å². The van der Waals surface area contributed by atoms with Crippen LogP contribution in [-0.4, -0.2) is 10.9 Å². The van der Waals surface area contributed by atoms with Crippen molar-refractivity contribution in [2.45, 2.75) is 0 Å². The largest absolute Gasteiger partial charge is 0.322 e. The second-order valence-corrected chi connectivity index (χ2v) is 7.50. The third kappa shape index (κ3) is 4.34. The van der Waals surface area contributed by atoms with Crippen LogP contribution in [0, 0.1) is 11.6 Å². The number of hydrogen-bond acceptors (Lipinski definition) is 3. The summed E-state index contributed by atoms with van der Waals surface area (Å²) < 4.78 is 26.4. The number of anilines is 1. The van der Waals surface area contributed by atoms with E-state index in [1.54, 1.807) is 18.2 Å². The predicted molar refractivity (Wildman–Crippen MR) is 112 cm³/mol. The molecular formula is C22H13ClF2N2OS. The van der Waals surface area contributed by atoms with E-state index in [4.69, 9.17) is 11.6 Å². The molecular weight excluding hydrogens is 414 g/mol. The Morgan fingerprint density at radius 1 is 0.931 bits per heavy atom. The maximum absolute atomic E-state index is 13.4. The molecule has 0 bridgehead atoms. The lowest BCUT2D eigenvalue weighted by Crippen LogP contribution is -2.12. The number of nitrogens with zero attached hydrogens (tertiary/aromatic N) is 1. The summed E-state index contributed by atoms with van der Waals surface area (Å²) in [6.07, 6.45) is 0. The quantitative estimate of drug-likeness (QED) is 0.396. The van der Waals surface area contributed by atoms with E-state index in [1.165, 1.54) is 17.4 Å². The first-order valence-electron chi connectivity index (χ1n) is 8.58. The van der Waals surface area contributed by atoms with Crippen molar-refractivity contribution in [3.8, 4) is 21.8 Å². The number of amides is 1. The van der Waals surface area contributed by atoms with Crippen molar-refractivity contribution in [3.63, 3.8) is 0 Å². The average Bonchev–Trinajstić information content (AvgIpc) is 3.21. The van der Waals surface area contributed by atoms with Gasteiger partial charge in [0.1, 0.15) is 5.01 Å². The number of hydrogen-bond donors (Lipinski definition) is 1. The monoisotopic (exact) mass is 426 g/mol. The van der Waals surface area contributed by atoms with Crippen LogP contribution in [0.3, 0.4) is 0 Å². The van der Waals surface area contributed by atoms with Gasteiger partial charge in [-0.2, -0.15) is 0 Å². The molecule has 0 aliphatic carbocycles. The topological polar surface area (TPSA) is 42.0 Å². The van der Waals surface area contributed by atoms with E-state index in [0.29, 0.717) is 10.7 Å². The van der Waals surface area contributed by atoms with Gasteiger partial charge in [0.05, 0.1) is 5.69 Å². The molecule has 3 aromatic carbocycles. The van der Waals surface area contributed by atoms with Gasteiger partial charge in [0.15, 0.2) is 11.6 Å². The lowest BCUT2D eigenvalue weighted by atomic mass is 10.1. The van der Waals surface area contributed by atoms with Gasteiger partial charge in [0.2, 0.25) is 0 Å². The number of benzene rings is 3. The molecule has 0 spiro atoms. The minimum Gasteiger partial charge on any atom is -0.322 e. The van der Waals surface area contributed by atoms with Crippen LogP contribution in [0.4, 0.5) is 14.5 Å². The Bertz CT molecular complexity index is 1190. The summed E-state index contributed by atoms with van der Waals surface area (Å²) in [6.45, 7) is 0. The highest BCUT2D eigenvalue weighted by molar-refractivity contribution is 7.13. The van der Waals surface area contributed by atoms with E-state index in [-0.39, 0.29) is 5.56 Å². The van der Waals surface area contributed by atoms with Crippen LogP contribution in [0.25, 0.3) is 21.8 Å². The molecule has 0 aliphatic rings. The molecule has 7 heteroatoms. The van der Waals surface area contributed by atoms with Gasteiger partial charge in [-0.05, 0) is 42.5 Å². The van der Waals surface area contributed by atoms with Gasteiger partial charge in [-0.15, -0.1) is 11.3 Å². The first-order valence-corrected chi connectivity index (χ1v) is 9.84. The Balaban J connectivity index is 1.55. The number of carbonyl (C=O) groups is 1. The third-order valence-corrected chi connectivity index (χ3v) is 5.34. The molecule has 4 rings (SSSR count). The second kappa shape index (κ2) is 8.11. The van der Waals surface area contributed by atoms with Crippen molar-refractivity contribution in [1.29, 1.82) is 0 Å². The Kier molecular flexibility index (Phi) is 5.38. The maximum Gasteiger partial charge on any atom is 0.255 e. The minimum atomic E-state index is -1.07. The molecule has 0 fully saturated rings. The van der Waals surface area contributed by atoms with E-state index < -0.39 is 17.5 Å². The molecule has 1 amide bonds. The summed E-state index contributed by atoms with van der Waals surface area (Å²) in [5.41, 5.74) is 3.12. The van der Waals surface area contributed by atoms with E-state index in [0.717, 1.165) is 34.0 Å². The summed E-state index contributed by atoms with van der Waals surface area (Å²) in [4.78, 5) is 17.0. The molecule has 0 saturated carbocycles. The Hall–Kier alpha value is -3.09. The fraction of sp³-hybridized carbons (Fsp3) is 0. The fourth-order valence-electron chi connectivity index (χ4n) is 2.73. The third-order valence-electron chi connectivity index (χ3n) is 4.19. The molecule has 0 aliphatic heterocycles. The molecule has 1 N–H and O–H groups in total. The van der Waals surface area contributed by atoms with Gasteiger partial charge in [-0.25, -0.2) is 13.8 Å². The van der Waals surface area contributed by atoms with E-state index >= 15 is 0 Å². The highest BCUT2D eigenvalue weighted by Crippen LogP contribution is 2.30. The van der Waals surface area contributed by atoms with Crippen molar-refractivity contribution in [1.82, 2.24) is 4.98 Å². The van der Waals surface area contributed by atoms with Crippen LogP contribution in [0.15, 0.2) is 72.1 Å². The van der Waals surface area contributed by atoms with Crippen LogP contribution >= 0.6 is 22.9 Å². The average molecular weight is 427 g/mol. The lowest BCUT2D eigenvalue weighted by molar-refractivity contribution is 0.102. The first kappa shape index (κ1) is 19.2. The fourth-order valence-corrected chi connectivity index (χ4v) is 3.69. The van der Waals surface area contributed by atoms with Crippen molar-refractivity contribution in [3.05, 3.63) is 94.3 Å². The number of aromatic nitrogens is 1. The zero-order chi connectivity index (χ0) is 20.4. The first-order chi connectivity index (χ1) is 14.0. The van der Waals surface area contributed by atoms with E-state index in [9.17, 15) is 13.6 Å². The van der Waals surface area contributed by atoms with Crippen molar-refractivity contribution in [2.24, 2.45) is 0 Å². The molecule has 29 heavy (non-hydrogen) atoms.